The Hall–Kier alpha value is -1.32. The molecule has 0 saturated heterocycles. The Morgan fingerprint density at radius 1 is 1.10 bits per heavy atom. The standard InChI is InChI=1S/C18H22BrNO/c1-14(20(2)3)11-12-21-18-10-9-16(19)13-17(18)15-7-5-4-6-8-15/h4-10,13-14H,11-12H2,1-3H3. The molecule has 0 bridgehead atoms. The predicted octanol–water partition coefficient (Wildman–Crippen LogP) is 4.84. The van der Waals surface area contributed by atoms with Gasteiger partial charge in [-0.1, -0.05) is 46.3 Å². The van der Waals surface area contributed by atoms with Crippen molar-refractivity contribution in [3.05, 3.63) is 53.0 Å². The van der Waals surface area contributed by atoms with Gasteiger partial charge in [-0.05, 0) is 51.2 Å². The van der Waals surface area contributed by atoms with E-state index in [4.69, 9.17) is 4.74 Å². The molecule has 0 aliphatic heterocycles. The SMILES string of the molecule is CC(CCOc1ccc(Br)cc1-c1ccccc1)N(C)C. The molecule has 2 aromatic carbocycles. The van der Waals surface area contributed by atoms with Crippen molar-refractivity contribution in [3.63, 3.8) is 0 Å². The summed E-state index contributed by atoms with van der Waals surface area (Å²) in [7, 11) is 4.19. The van der Waals surface area contributed by atoms with Crippen LogP contribution in [0.5, 0.6) is 5.75 Å². The lowest BCUT2D eigenvalue weighted by atomic mass is 10.0. The van der Waals surface area contributed by atoms with Gasteiger partial charge < -0.3 is 9.64 Å². The maximum Gasteiger partial charge on any atom is 0.127 e. The fraction of sp³-hybridized carbons (Fsp3) is 0.333. The number of hydrogen-bond donors (Lipinski definition) is 0. The Morgan fingerprint density at radius 3 is 2.48 bits per heavy atom. The molecule has 0 radical (unpaired) electrons. The Labute approximate surface area is 135 Å². The summed E-state index contributed by atoms with van der Waals surface area (Å²) in [6.07, 6.45) is 1.01. The maximum absolute atomic E-state index is 6.02. The van der Waals surface area contributed by atoms with E-state index < -0.39 is 0 Å². The Morgan fingerprint density at radius 2 is 1.81 bits per heavy atom. The molecule has 0 aliphatic carbocycles. The fourth-order valence-electron chi connectivity index (χ4n) is 2.07. The molecule has 1 atom stereocenters. The number of nitrogens with zero attached hydrogens (tertiary/aromatic N) is 1. The highest BCUT2D eigenvalue weighted by Crippen LogP contribution is 2.32. The van der Waals surface area contributed by atoms with E-state index in [0.29, 0.717) is 6.04 Å². The van der Waals surface area contributed by atoms with Gasteiger partial charge in [-0.25, -0.2) is 0 Å². The number of benzene rings is 2. The molecule has 0 aromatic heterocycles. The van der Waals surface area contributed by atoms with Crippen LogP contribution in [0.2, 0.25) is 0 Å². The first kappa shape index (κ1) is 16.1. The van der Waals surface area contributed by atoms with Gasteiger partial charge in [0, 0.05) is 16.1 Å². The molecule has 2 rings (SSSR count). The van der Waals surface area contributed by atoms with E-state index in [1.807, 2.05) is 30.3 Å². The third-order valence-electron chi connectivity index (χ3n) is 3.70. The molecule has 0 fully saturated rings. The average Bonchev–Trinajstić information content (AvgIpc) is 2.49. The molecule has 0 spiro atoms. The van der Waals surface area contributed by atoms with Crippen molar-refractivity contribution >= 4 is 15.9 Å². The lowest BCUT2D eigenvalue weighted by molar-refractivity contribution is 0.234. The number of ether oxygens (including phenoxy) is 1. The van der Waals surface area contributed by atoms with Crippen LogP contribution < -0.4 is 4.74 Å². The summed E-state index contributed by atoms with van der Waals surface area (Å²) >= 11 is 3.54. The highest BCUT2D eigenvalue weighted by molar-refractivity contribution is 9.10. The van der Waals surface area contributed by atoms with E-state index in [0.717, 1.165) is 28.8 Å². The molecule has 2 aromatic rings. The summed E-state index contributed by atoms with van der Waals surface area (Å²) < 4.78 is 7.09. The molecular formula is C18H22BrNO. The Kier molecular flexibility index (Phi) is 5.83. The van der Waals surface area contributed by atoms with Crippen molar-refractivity contribution in [1.29, 1.82) is 0 Å². The average molecular weight is 348 g/mol. The van der Waals surface area contributed by atoms with E-state index in [2.05, 4.69) is 60.0 Å². The van der Waals surface area contributed by atoms with Crippen LogP contribution in [-0.4, -0.2) is 31.6 Å². The smallest absolute Gasteiger partial charge is 0.127 e. The highest BCUT2D eigenvalue weighted by atomic mass is 79.9. The summed E-state index contributed by atoms with van der Waals surface area (Å²) in [6.45, 7) is 2.93. The van der Waals surface area contributed by atoms with Gasteiger partial charge in [0.05, 0.1) is 6.61 Å². The molecule has 0 amide bonds. The van der Waals surface area contributed by atoms with Crippen LogP contribution in [0.4, 0.5) is 0 Å². The van der Waals surface area contributed by atoms with Gasteiger partial charge >= 0.3 is 0 Å². The molecular weight excluding hydrogens is 326 g/mol. The summed E-state index contributed by atoms with van der Waals surface area (Å²) in [6, 6.07) is 17.0. The zero-order chi connectivity index (χ0) is 15.2. The minimum absolute atomic E-state index is 0.514. The topological polar surface area (TPSA) is 12.5 Å². The lowest BCUT2D eigenvalue weighted by Crippen LogP contribution is -2.26. The van der Waals surface area contributed by atoms with Crippen molar-refractivity contribution in [2.75, 3.05) is 20.7 Å². The predicted molar refractivity (Wildman–Crippen MR) is 92.8 cm³/mol. The monoisotopic (exact) mass is 347 g/mol. The zero-order valence-corrected chi connectivity index (χ0v) is 14.4. The Bertz CT molecular complexity index is 569. The van der Waals surface area contributed by atoms with Gasteiger partial charge in [0.1, 0.15) is 5.75 Å². The molecule has 0 heterocycles. The van der Waals surface area contributed by atoms with Gasteiger partial charge in [-0.3, -0.25) is 0 Å². The van der Waals surface area contributed by atoms with Crippen molar-refractivity contribution in [1.82, 2.24) is 4.90 Å². The van der Waals surface area contributed by atoms with Gasteiger partial charge in [0.15, 0.2) is 0 Å². The van der Waals surface area contributed by atoms with Crippen LogP contribution in [0.15, 0.2) is 53.0 Å². The number of hydrogen-bond acceptors (Lipinski definition) is 2. The normalized spacial score (nSPS) is 12.4. The van der Waals surface area contributed by atoms with E-state index in [-0.39, 0.29) is 0 Å². The number of rotatable bonds is 6. The van der Waals surface area contributed by atoms with E-state index in [1.165, 1.54) is 5.56 Å². The minimum Gasteiger partial charge on any atom is -0.493 e. The quantitative estimate of drug-likeness (QED) is 0.741. The molecule has 0 N–H and O–H groups in total. The Balaban J connectivity index is 2.13. The second-order valence-electron chi connectivity index (χ2n) is 5.46. The fourth-order valence-corrected chi connectivity index (χ4v) is 2.43. The van der Waals surface area contributed by atoms with Crippen LogP contribution in [0.3, 0.4) is 0 Å². The van der Waals surface area contributed by atoms with E-state index in [1.54, 1.807) is 0 Å². The summed E-state index contributed by atoms with van der Waals surface area (Å²) in [5.74, 6) is 0.940. The van der Waals surface area contributed by atoms with Crippen LogP contribution in [0.1, 0.15) is 13.3 Å². The van der Waals surface area contributed by atoms with Crippen LogP contribution in [-0.2, 0) is 0 Å². The van der Waals surface area contributed by atoms with Crippen molar-refractivity contribution in [2.24, 2.45) is 0 Å². The second kappa shape index (κ2) is 7.62. The molecule has 112 valence electrons. The van der Waals surface area contributed by atoms with Crippen LogP contribution >= 0.6 is 15.9 Å². The third-order valence-corrected chi connectivity index (χ3v) is 4.19. The zero-order valence-electron chi connectivity index (χ0n) is 12.8. The molecule has 0 aliphatic rings. The first-order chi connectivity index (χ1) is 10.1. The first-order valence-electron chi connectivity index (χ1n) is 7.22. The van der Waals surface area contributed by atoms with Gasteiger partial charge in [-0.2, -0.15) is 0 Å². The lowest BCUT2D eigenvalue weighted by Gasteiger charge is -2.20. The molecule has 1 unspecified atom stereocenters. The molecule has 21 heavy (non-hydrogen) atoms. The summed E-state index contributed by atoms with van der Waals surface area (Å²) in [5.41, 5.74) is 2.30. The van der Waals surface area contributed by atoms with Gasteiger partial charge in [0.2, 0.25) is 0 Å². The minimum atomic E-state index is 0.514. The molecule has 0 saturated carbocycles. The van der Waals surface area contributed by atoms with E-state index in [9.17, 15) is 0 Å². The summed E-state index contributed by atoms with van der Waals surface area (Å²) in [4.78, 5) is 2.21. The van der Waals surface area contributed by atoms with Crippen molar-refractivity contribution in [3.8, 4) is 16.9 Å². The molecule has 2 nitrogen and oxygen atoms in total. The second-order valence-corrected chi connectivity index (χ2v) is 6.37. The third kappa shape index (κ3) is 4.58. The first-order valence-corrected chi connectivity index (χ1v) is 8.01. The van der Waals surface area contributed by atoms with Crippen molar-refractivity contribution in [2.45, 2.75) is 19.4 Å². The number of halogens is 1. The largest absolute Gasteiger partial charge is 0.493 e. The van der Waals surface area contributed by atoms with Crippen LogP contribution in [0, 0.1) is 0 Å². The summed E-state index contributed by atoms with van der Waals surface area (Å²) in [5, 5.41) is 0. The highest BCUT2D eigenvalue weighted by Gasteiger charge is 2.09. The van der Waals surface area contributed by atoms with E-state index >= 15 is 0 Å². The van der Waals surface area contributed by atoms with Gasteiger partial charge in [-0.15, -0.1) is 0 Å². The maximum atomic E-state index is 6.02. The van der Waals surface area contributed by atoms with Crippen molar-refractivity contribution < 1.29 is 4.74 Å². The van der Waals surface area contributed by atoms with Gasteiger partial charge in [0.25, 0.3) is 0 Å². The van der Waals surface area contributed by atoms with Crippen LogP contribution in [0.25, 0.3) is 11.1 Å². The molecule has 3 heteroatoms.